The lowest BCUT2D eigenvalue weighted by Gasteiger charge is -2.26. The molecule has 0 aromatic heterocycles. The topological polar surface area (TPSA) is 43.8 Å². The number of Topliss-reactive ketones (excluding diaryl/α,β-unsaturated/α-hetero) is 1. The zero-order valence-electron chi connectivity index (χ0n) is 12.9. The van der Waals surface area contributed by atoms with Gasteiger partial charge in [-0.3, -0.25) is 14.6 Å². The Balaban J connectivity index is 1.74. The van der Waals surface area contributed by atoms with Crippen LogP contribution in [0.2, 0.25) is 0 Å². The molecule has 0 amide bonds. The van der Waals surface area contributed by atoms with Crippen molar-refractivity contribution >= 4 is 5.78 Å². The second-order valence-corrected chi connectivity index (χ2v) is 6.47. The first kappa shape index (κ1) is 14.5. The van der Waals surface area contributed by atoms with E-state index in [1.807, 2.05) is 6.07 Å². The van der Waals surface area contributed by atoms with Gasteiger partial charge < -0.3 is 5.11 Å². The Bertz CT molecular complexity index is 544. The zero-order chi connectivity index (χ0) is 15.0. The van der Waals surface area contributed by atoms with Crippen molar-refractivity contribution in [2.45, 2.75) is 44.8 Å². The molecule has 2 saturated heterocycles. The summed E-state index contributed by atoms with van der Waals surface area (Å²) >= 11 is 0. The van der Waals surface area contributed by atoms with Crippen LogP contribution in [0.3, 0.4) is 0 Å². The third kappa shape index (κ3) is 2.97. The summed E-state index contributed by atoms with van der Waals surface area (Å²) < 4.78 is 0. The maximum Gasteiger partial charge on any atom is 0.159 e. The molecule has 0 radical (unpaired) electrons. The molecule has 0 aliphatic carbocycles. The number of hydrogen-bond acceptors (Lipinski definition) is 4. The first-order valence-corrected chi connectivity index (χ1v) is 7.81. The van der Waals surface area contributed by atoms with E-state index in [9.17, 15) is 9.90 Å². The molecule has 4 heteroatoms. The summed E-state index contributed by atoms with van der Waals surface area (Å²) in [6.45, 7) is 4.41. The van der Waals surface area contributed by atoms with Gasteiger partial charge in [0.05, 0.1) is 0 Å². The molecule has 2 aliphatic heterocycles. The number of nitrogens with zero attached hydrogens (tertiary/aromatic N) is 2. The molecule has 2 atom stereocenters. The summed E-state index contributed by atoms with van der Waals surface area (Å²) in [5, 5.41) is 10.1. The highest BCUT2D eigenvalue weighted by Crippen LogP contribution is 2.30. The fourth-order valence-corrected chi connectivity index (χ4v) is 3.69. The van der Waals surface area contributed by atoms with Crippen molar-refractivity contribution in [3.63, 3.8) is 0 Å². The second-order valence-electron chi connectivity index (χ2n) is 6.47. The van der Waals surface area contributed by atoms with Crippen molar-refractivity contribution in [1.29, 1.82) is 0 Å². The van der Waals surface area contributed by atoms with Crippen LogP contribution in [0.4, 0.5) is 0 Å². The van der Waals surface area contributed by atoms with Gasteiger partial charge >= 0.3 is 0 Å². The largest absolute Gasteiger partial charge is 0.508 e. The smallest absolute Gasteiger partial charge is 0.159 e. The highest BCUT2D eigenvalue weighted by molar-refractivity contribution is 5.94. The van der Waals surface area contributed by atoms with Gasteiger partial charge in [0.25, 0.3) is 0 Å². The predicted octanol–water partition coefficient (Wildman–Crippen LogP) is 2.26. The number of phenolic OH excluding ortho intramolecular Hbond substituents is 1. The lowest BCUT2D eigenvalue weighted by atomic mass is 10.0. The van der Waals surface area contributed by atoms with Gasteiger partial charge in [-0.15, -0.1) is 0 Å². The van der Waals surface area contributed by atoms with Crippen LogP contribution in [0.5, 0.6) is 5.75 Å². The van der Waals surface area contributed by atoms with E-state index in [0.717, 1.165) is 31.2 Å². The Morgan fingerprint density at radius 3 is 2.81 bits per heavy atom. The van der Waals surface area contributed by atoms with Gasteiger partial charge in [-0.05, 0) is 51.4 Å². The van der Waals surface area contributed by atoms with Gasteiger partial charge in [0.2, 0.25) is 0 Å². The molecule has 114 valence electrons. The summed E-state index contributed by atoms with van der Waals surface area (Å²) in [4.78, 5) is 16.4. The number of hydrogen-bond donors (Lipinski definition) is 1. The normalized spacial score (nSPS) is 26.8. The second kappa shape index (κ2) is 5.78. The van der Waals surface area contributed by atoms with E-state index in [1.165, 1.54) is 19.3 Å². The standard InChI is InChI=1S/C17H24N2O2/c1-12(20)13-3-6-17(21)14(9-13)10-19-8-7-15-4-5-16(11-19)18(15)2/h3,6,9,15-16,21H,4-5,7-8,10-11H2,1-2H3. The van der Waals surface area contributed by atoms with Crippen LogP contribution in [0, 0.1) is 0 Å². The van der Waals surface area contributed by atoms with Gasteiger partial charge in [-0.2, -0.15) is 0 Å². The molecule has 2 fully saturated rings. The fourth-order valence-electron chi connectivity index (χ4n) is 3.69. The van der Waals surface area contributed by atoms with Crippen molar-refractivity contribution in [3.05, 3.63) is 29.3 Å². The fraction of sp³-hybridized carbons (Fsp3) is 0.588. The average molecular weight is 288 g/mol. The Hall–Kier alpha value is -1.39. The number of fused-ring (bicyclic) bond motifs is 2. The van der Waals surface area contributed by atoms with Crippen molar-refractivity contribution in [1.82, 2.24) is 9.80 Å². The van der Waals surface area contributed by atoms with Crippen LogP contribution in [0.15, 0.2) is 18.2 Å². The molecule has 2 aliphatic rings. The van der Waals surface area contributed by atoms with Gasteiger partial charge in [0.15, 0.2) is 5.78 Å². The molecular formula is C17H24N2O2. The van der Waals surface area contributed by atoms with Crippen molar-refractivity contribution in [3.8, 4) is 5.75 Å². The van der Waals surface area contributed by atoms with Crippen LogP contribution in [0.1, 0.15) is 42.1 Å². The van der Waals surface area contributed by atoms with Gasteiger partial charge in [0.1, 0.15) is 5.75 Å². The minimum Gasteiger partial charge on any atom is -0.508 e. The van der Waals surface area contributed by atoms with Crippen LogP contribution < -0.4 is 0 Å². The van der Waals surface area contributed by atoms with Gasteiger partial charge in [-0.25, -0.2) is 0 Å². The van der Waals surface area contributed by atoms with Gasteiger partial charge in [-0.1, -0.05) is 0 Å². The quantitative estimate of drug-likeness (QED) is 0.867. The number of benzene rings is 1. The van der Waals surface area contributed by atoms with E-state index in [1.54, 1.807) is 19.1 Å². The molecule has 1 aromatic rings. The van der Waals surface area contributed by atoms with E-state index >= 15 is 0 Å². The molecule has 2 unspecified atom stereocenters. The lowest BCUT2D eigenvalue weighted by molar-refractivity contribution is 0.101. The Kier molecular flexibility index (Phi) is 4.00. The Labute approximate surface area is 126 Å². The summed E-state index contributed by atoms with van der Waals surface area (Å²) in [5.74, 6) is 0.341. The highest BCUT2D eigenvalue weighted by Gasteiger charge is 2.34. The van der Waals surface area contributed by atoms with Crippen molar-refractivity contribution in [2.75, 3.05) is 20.1 Å². The minimum absolute atomic E-state index is 0.0471. The van der Waals surface area contributed by atoms with E-state index in [-0.39, 0.29) is 5.78 Å². The summed E-state index contributed by atoms with van der Waals surface area (Å²) in [6.07, 6.45) is 3.79. The first-order valence-electron chi connectivity index (χ1n) is 7.81. The minimum atomic E-state index is 0.0471. The molecule has 21 heavy (non-hydrogen) atoms. The molecule has 0 saturated carbocycles. The lowest BCUT2D eigenvalue weighted by Crippen LogP contribution is -2.36. The molecule has 2 bridgehead atoms. The van der Waals surface area contributed by atoms with Crippen LogP contribution in [-0.2, 0) is 6.54 Å². The number of likely N-dealkylation sites (tertiary alicyclic amines) is 1. The maximum absolute atomic E-state index is 11.5. The number of carbonyl (C=O) groups is 1. The molecule has 2 heterocycles. The number of rotatable bonds is 3. The number of phenols is 1. The average Bonchev–Trinajstić information content (AvgIpc) is 2.69. The van der Waals surface area contributed by atoms with Gasteiger partial charge in [0, 0.05) is 42.8 Å². The molecule has 1 N–H and O–H groups in total. The zero-order valence-corrected chi connectivity index (χ0v) is 12.9. The van der Waals surface area contributed by atoms with E-state index in [0.29, 0.717) is 17.4 Å². The summed E-state index contributed by atoms with van der Waals surface area (Å²) in [5.41, 5.74) is 1.54. The predicted molar refractivity (Wildman–Crippen MR) is 82.6 cm³/mol. The van der Waals surface area contributed by atoms with Crippen molar-refractivity contribution < 1.29 is 9.90 Å². The third-order valence-corrected chi connectivity index (χ3v) is 5.11. The van der Waals surface area contributed by atoms with E-state index in [4.69, 9.17) is 0 Å². The summed E-state index contributed by atoms with van der Waals surface area (Å²) in [7, 11) is 2.24. The Morgan fingerprint density at radius 1 is 1.29 bits per heavy atom. The molecule has 1 aromatic carbocycles. The third-order valence-electron chi connectivity index (χ3n) is 5.11. The highest BCUT2D eigenvalue weighted by atomic mass is 16.3. The van der Waals surface area contributed by atoms with Crippen LogP contribution in [0.25, 0.3) is 0 Å². The monoisotopic (exact) mass is 288 g/mol. The number of carbonyl (C=O) groups excluding carboxylic acids is 1. The van der Waals surface area contributed by atoms with E-state index < -0.39 is 0 Å². The van der Waals surface area contributed by atoms with Crippen LogP contribution in [-0.4, -0.2) is 52.9 Å². The van der Waals surface area contributed by atoms with Crippen molar-refractivity contribution in [2.24, 2.45) is 0 Å². The molecule has 0 spiro atoms. The SMILES string of the molecule is CC(=O)c1ccc(O)c(CN2CCC3CCC(C2)N3C)c1. The maximum atomic E-state index is 11.5. The first-order chi connectivity index (χ1) is 10.0. The number of likely N-dealkylation sites (N-methyl/N-ethyl adjacent to an activating group) is 1. The molecular weight excluding hydrogens is 264 g/mol. The van der Waals surface area contributed by atoms with E-state index in [2.05, 4.69) is 16.8 Å². The molecule has 4 nitrogen and oxygen atoms in total. The van der Waals surface area contributed by atoms with Crippen LogP contribution >= 0.6 is 0 Å². The Morgan fingerprint density at radius 2 is 2.05 bits per heavy atom. The molecule has 3 rings (SSSR count). The summed E-state index contributed by atoms with van der Waals surface area (Å²) in [6, 6.07) is 6.53. The number of aromatic hydroxyl groups is 1. The number of ketones is 1.